The maximum atomic E-state index is 11.8. The van der Waals surface area contributed by atoms with E-state index in [-0.39, 0.29) is 17.4 Å². The molecule has 4 nitrogen and oxygen atoms in total. The minimum Gasteiger partial charge on any atom is -0.395 e. The van der Waals surface area contributed by atoms with Gasteiger partial charge in [0.25, 0.3) is 10.0 Å². The first-order valence-electron chi connectivity index (χ1n) is 3.80. The molecule has 1 rings (SSSR count). The third-order valence-electron chi connectivity index (χ3n) is 1.64. The molecule has 0 aromatic carbocycles. The van der Waals surface area contributed by atoms with E-state index in [4.69, 9.17) is 5.11 Å². The second-order valence-corrected chi connectivity index (χ2v) is 6.62. The largest absolute Gasteiger partial charge is 0.395 e. The van der Waals surface area contributed by atoms with E-state index in [0.717, 1.165) is 15.6 Å². The van der Waals surface area contributed by atoms with Crippen LogP contribution in [0, 0.1) is 0 Å². The number of thiophene rings is 1. The number of hydrogen-bond acceptors (Lipinski definition) is 4. The van der Waals surface area contributed by atoms with E-state index >= 15 is 0 Å². The average molecular weight is 300 g/mol. The summed E-state index contributed by atoms with van der Waals surface area (Å²) in [7, 11) is -2.00. The lowest BCUT2D eigenvalue weighted by atomic mass is 10.7. The van der Waals surface area contributed by atoms with Crippen molar-refractivity contribution in [3.8, 4) is 0 Å². The van der Waals surface area contributed by atoms with Crippen molar-refractivity contribution in [3.05, 3.63) is 15.9 Å². The Kier molecular flexibility index (Phi) is 4.08. The summed E-state index contributed by atoms with van der Waals surface area (Å²) >= 11 is 4.32. The van der Waals surface area contributed by atoms with E-state index in [9.17, 15) is 8.42 Å². The first-order chi connectivity index (χ1) is 6.50. The zero-order valence-corrected chi connectivity index (χ0v) is 10.7. The third kappa shape index (κ3) is 2.34. The molecule has 0 aliphatic carbocycles. The number of nitrogens with zero attached hydrogens (tertiary/aromatic N) is 1. The van der Waals surface area contributed by atoms with Crippen molar-refractivity contribution < 1.29 is 13.5 Å². The number of aliphatic hydroxyl groups is 1. The Hall–Kier alpha value is 0.0500. The van der Waals surface area contributed by atoms with Crippen LogP contribution in [0.1, 0.15) is 0 Å². The normalized spacial score (nSPS) is 12.3. The fraction of sp³-hybridized carbons (Fsp3) is 0.429. The molecule has 80 valence electrons. The van der Waals surface area contributed by atoms with E-state index in [0.29, 0.717) is 4.47 Å². The molecule has 0 unspecified atom stereocenters. The number of halogens is 1. The molecule has 1 N–H and O–H groups in total. The van der Waals surface area contributed by atoms with Crippen molar-refractivity contribution >= 4 is 37.3 Å². The highest BCUT2D eigenvalue weighted by Crippen LogP contribution is 2.29. The van der Waals surface area contributed by atoms with Crippen LogP contribution < -0.4 is 0 Å². The lowest BCUT2D eigenvalue weighted by Gasteiger charge is -2.14. The third-order valence-corrected chi connectivity index (χ3v) is 6.15. The number of aliphatic hydroxyl groups excluding tert-OH is 1. The van der Waals surface area contributed by atoms with E-state index in [1.54, 1.807) is 11.4 Å². The van der Waals surface area contributed by atoms with Gasteiger partial charge in [0, 0.05) is 18.1 Å². The summed E-state index contributed by atoms with van der Waals surface area (Å²) in [5, 5.41) is 10.4. The molecular formula is C7H10BrNO3S2. The Morgan fingerprint density at radius 2 is 2.29 bits per heavy atom. The molecule has 1 heterocycles. The van der Waals surface area contributed by atoms with Gasteiger partial charge < -0.3 is 5.11 Å². The lowest BCUT2D eigenvalue weighted by molar-refractivity contribution is 0.266. The molecule has 0 amide bonds. The molecule has 0 atom stereocenters. The van der Waals surface area contributed by atoms with Crippen LogP contribution in [-0.4, -0.2) is 38.0 Å². The molecule has 1 aromatic rings. The first kappa shape index (κ1) is 12.1. The summed E-state index contributed by atoms with van der Waals surface area (Å²) in [6.45, 7) is -0.0780. The van der Waals surface area contributed by atoms with Gasteiger partial charge in [0.05, 0.1) is 6.61 Å². The Bertz CT molecular complexity index is 401. The summed E-state index contributed by atoms with van der Waals surface area (Å²) in [4.78, 5) is 0. The van der Waals surface area contributed by atoms with Gasteiger partial charge in [-0.3, -0.25) is 0 Å². The van der Waals surface area contributed by atoms with Gasteiger partial charge >= 0.3 is 0 Å². The first-order valence-corrected chi connectivity index (χ1v) is 6.91. The number of rotatable bonds is 4. The number of likely N-dealkylation sites (N-methyl/N-ethyl adjacent to an activating group) is 1. The molecule has 0 aliphatic heterocycles. The average Bonchev–Trinajstić information content (AvgIpc) is 2.52. The predicted octanol–water partition coefficient (Wildman–Crippen LogP) is 1.12. The molecule has 0 fully saturated rings. The number of hydrogen-bond donors (Lipinski definition) is 1. The van der Waals surface area contributed by atoms with Gasteiger partial charge in [-0.05, 0) is 27.4 Å². The molecule has 0 saturated carbocycles. The highest BCUT2D eigenvalue weighted by Gasteiger charge is 2.23. The van der Waals surface area contributed by atoms with Gasteiger partial charge in [-0.25, -0.2) is 8.42 Å². The Labute approximate surface area is 95.3 Å². The second kappa shape index (κ2) is 4.71. The van der Waals surface area contributed by atoms with Gasteiger partial charge in [-0.15, -0.1) is 11.3 Å². The van der Waals surface area contributed by atoms with Crippen LogP contribution in [0.5, 0.6) is 0 Å². The van der Waals surface area contributed by atoms with Crippen molar-refractivity contribution in [2.24, 2.45) is 0 Å². The van der Waals surface area contributed by atoms with Crippen molar-refractivity contribution in [1.29, 1.82) is 0 Å². The maximum absolute atomic E-state index is 11.8. The van der Waals surface area contributed by atoms with Crippen molar-refractivity contribution in [3.63, 3.8) is 0 Å². The molecule has 0 aliphatic rings. The van der Waals surface area contributed by atoms with Crippen molar-refractivity contribution in [2.45, 2.75) is 4.21 Å². The highest BCUT2D eigenvalue weighted by atomic mass is 79.9. The topological polar surface area (TPSA) is 57.6 Å². The summed E-state index contributed by atoms with van der Waals surface area (Å²) < 4.78 is 25.6. The molecular weight excluding hydrogens is 290 g/mol. The van der Waals surface area contributed by atoms with Gasteiger partial charge in [0.1, 0.15) is 4.21 Å². The fourth-order valence-corrected chi connectivity index (χ4v) is 4.53. The fourth-order valence-electron chi connectivity index (χ4n) is 0.866. The summed E-state index contributed by atoms with van der Waals surface area (Å²) in [6, 6.07) is 1.68. The molecule has 0 saturated heterocycles. The van der Waals surface area contributed by atoms with Crippen LogP contribution in [0.25, 0.3) is 0 Å². The molecule has 0 spiro atoms. The molecule has 0 bridgehead atoms. The minimum atomic E-state index is -3.44. The summed E-state index contributed by atoms with van der Waals surface area (Å²) in [6.07, 6.45) is 0. The van der Waals surface area contributed by atoms with Crippen LogP contribution in [0.3, 0.4) is 0 Å². The zero-order valence-electron chi connectivity index (χ0n) is 7.47. The van der Waals surface area contributed by atoms with Crippen LogP contribution in [0.4, 0.5) is 0 Å². The van der Waals surface area contributed by atoms with Gasteiger partial charge in [0.15, 0.2) is 0 Å². The monoisotopic (exact) mass is 299 g/mol. The molecule has 7 heteroatoms. The maximum Gasteiger partial charge on any atom is 0.253 e. The van der Waals surface area contributed by atoms with Crippen LogP contribution in [-0.2, 0) is 10.0 Å². The van der Waals surface area contributed by atoms with E-state index in [2.05, 4.69) is 15.9 Å². The lowest BCUT2D eigenvalue weighted by Crippen LogP contribution is -2.29. The Balaban J connectivity index is 3.03. The van der Waals surface area contributed by atoms with E-state index in [1.807, 2.05) is 0 Å². The van der Waals surface area contributed by atoms with Crippen LogP contribution in [0.15, 0.2) is 20.1 Å². The van der Waals surface area contributed by atoms with E-state index < -0.39 is 10.0 Å². The minimum absolute atomic E-state index is 0.104. The summed E-state index contributed by atoms with van der Waals surface area (Å²) in [5.41, 5.74) is 0. The number of sulfonamides is 1. The highest BCUT2D eigenvalue weighted by molar-refractivity contribution is 9.10. The second-order valence-electron chi connectivity index (χ2n) is 2.61. The standard InChI is InChI=1S/C7H10BrNO3S2/c1-9(3-4-10)14(11,12)7-6(8)2-5-13-7/h2,5,10H,3-4H2,1H3. The smallest absolute Gasteiger partial charge is 0.253 e. The summed E-state index contributed by atoms with van der Waals surface area (Å²) in [5.74, 6) is 0. The van der Waals surface area contributed by atoms with E-state index in [1.165, 1.54) is 7.05 Å². The Morgan fingerprint density at radius 1 is 1.64 bits per heavy atom. The van der Waals surface area contributed by atoms with Crippen molar-refractivity contribution in [1.82, 2.24) is 4.31 Å². The van der Waals surface area contributed by atoms with Gasteiger partial charge in [0.2, 0.25) is 0 Å². The van der Waals surface area contributed by atoms with Crippen LogP contribution in [0.2, 0.25) is 0 Å². The van der Waals surface area contributed by atoms with Gasteiger partial charge in [-0.2, -0.15) is 4.31 Å². The SMILES string of the molecule is CN(CCO)S(=O)(=O)c1sccc1Br. The van der Waals surface area contributed by atoms with Gasteiger partial charge in [-0.1, -0.05) is 0 Å². The Morgan fingerprint density at radius 3 is 2.71 bits per heavy atom. The quantitative estimate of drug-likeness (QED) is 0.906. The molecule has 0 radical (unpaired) electrons. The zero-order chi connectivity index (χ0) is 10.8. The molecule has 14 heavy (non-hydrogen) atoms. The van der Waals surface area contributed by atoms with Crippen LogP contribution >= 0.6 is 27.3 Å². The predicted molar refractivity (Wildman–Crippen MR) is 58.9 cm³/mol. The molecule has 1 aromatic heterocycles. The van der Waals surface area contributed by atoms with Crippen molar-refractivity contribution in [2.75, 3.05) is 20.2 Å².